The zero-order valence-corrected chi connectivity index (χ0v) is 8.08. The minimum Gasteiger partial charge on any atom is -0.511 e. The molecule has 0 unspecified atom stereocenters. The van der Waals surface area contributed by atoms with Gasteiger partial charge in [-0.3, -0.25) is 4.79 Å². The number of rotatable bonds is 1. The first kappa shape index (κ1) is 10.5. The molecule has 76 valence electrons. The Hall–Kier alpha value is -1.54. The van der Waals surface area contributed by atoms with E-state index in [0.717, 1.165) is 13.1 Å². The lowest BCUT2D eigenvalue weighted by molar-refractivity contribution is -0.127. The number of amides is 1. The van der Waals surface area contributed by atoms with E-state index >= 15 is 0 Å². The molecule has 0 aromatic heterocycles. The van der Waals surface area contributed by atoms with Crippen LogP contribution in [0.5, 0.6) is 0 Å². The van der Waals surface area contributed by atoms with Gasteiger partial charge in [-0.25, -0.2) is 0 Å². The number of aliphatic hydroxyl groups is 1. The van der Waals surface area contributed by atoms with Crippen LogP contribution in [-0.2, 0) is 4.79 Å². The topological polar surface area (TPSA) is 76.4 Å². The number of nitrogens with zero attached hydrogens (tertiary/aromatic N) is 2. The Morgan fingerprint density at radius 1 is 1.50 bits per heavy atom. The zero-order chi connectivity index (χ0) is 10.6. The molecule has 0 radical (unpaired) electrons. The van der Waals surface area contributed by atoms with Crippen molar-refractivity contribution in [3.05, 3.63) is 11.3 Å². The van der Waals surface area contributed by atoms with E-state index < -0.39 is 0 Å². The lowest BCUT2D eigenvalue weighted by Gasteiger charge is -2.27. The second-order valence-corrected chi connectivity index (χ2v) is 3.11. The van der Waals surface area contributed by atoms with Gasteiger partial charge in [-0.15, -0.1) is 0 Å². The largest absolute Gasteiger partial charge is 0.511 e. The van der Waals surface area contributed by atoms with Gasteiger partial charge in [0.1, 0.15) is 11.8 Å². The molecule has 1 saturated heterocycles. The number of nitriles is 1. The summed E-state index contributed by atoms with van der Waals surface area (Å²) in [7, 11) is 0. The molecule has 0 atom stereocenters. The Labute approximate surface area is 82.6 Å². The Bertz CT molecular complexity index is 294. The summed E-state index contributed by atoms with van der Waals surface area (Å²) in [6.07, 6.45) is 0. The number of carbonyl (C=O) groups excluding carboxylic acids is 1. The van der Waals surface area contributed by atoms with Crippen molar-refractivity contribution in [1.29, 1.82) is 5.26 Å². The first-order chi connectivity index (χ1) is 6.66. The normalized spacial score (nSPS) is 18.4. The van der Waals surface area contributed by atoms with E-state index in [4.69, 9.17) is 10.4 Å². The minimum atomic E-state index is -0.381. The number of hydrogen-bond donors (Lipinski definition) is 2. The summed E-state index contributed by atoms with van der Waals surface area (Å²) in [5, 5.41) is 20.9. The molecule has 5 heteroatoms. The average Bonchev–Trinajstić information content (AvgIpc) is 2.19. The molecule has 1 heterocycles. The SMILES string of the molecule is C/C(O)=C(\C#N)C(=O)N1CCNCC1. The first-order valence-corrected chi connectivity index (χ1v) is 4.46. The molecule has 0 aromatic carbocycles. The highest BCUT2D eigenvalue weighted by atomic mass is 16.3. The van der Waals surface area contributed by atoms with Crippen LogP contribution in [0.2, 0.25) is 0 Å². The molecule has 14 heavy (non-hydrogen) atoms. The predicted octanol–water partition coefficient (Wildman–Crippen LogP) is -0.226. The van der Waals surface area contributed by atoms with E-state index in [2.05, 4.69) is 5.32 Å². The van der Waals surface area contributed by atoms with E-state index in [1.165, 1.54) is 6.92 Å². The van der Waals surface area contributed by atoms with Gasteiger partial charge in [0.05, 0.1) is 0 Å². The van der Waals surface area contributed by atoms with Crippen molar-refractivity contribution in [2.75, 3.05) is 26.2 Å². The van der Waals surface area contributed by atoms with Crippen LogP contribution in [0.1, 0.15) is 6.92 Å². The quantitative estimate of drug-likeness (QED) is 0.344. The molecule has 0 spiro atoms. The van der Waals surface area contributed by atoms with Crippen LogP contribution < -0.4 is 5.32 Å². The van der Waals surface area contributed by atoms with Gasteiger partial charge in [0.2, 0.25) is 0 Å². The second kappa shape index (κ2) is 4.63. The van der Waals surface area contributed by atoms with Crippen molar-refractivity contribution in [2.45, 2.75) is 6.92 Å². The summed E-state index contributed by atoms with van der Waals surface area (Å²) in [6.45, 7) is 3.97. The highest BCUT2D eigenvalue weighted by Gasteiger charge is 2.21. The predicted molar refractivity (Wildman–Crippen MR) is 50.4 cm³/mol. The summed E-state index contributed by atoms with van der Waals surface area (Å²) in [5.74, 6) is -0.593. The number of hydrogen-bond acceptors (Lipinski definition) is 4. The van der Waals surface area contributed by atoms with E-state index in [1.54, 1.807) is 11.0 Å². The summed E-state index contributed by atoms with van der Waals surface area (Å²) in [4.78, 5) is 13.2. The van der Waals surface area contributed by atoms with Gasteiger partial charge >= 0.3 is 0 Å². The lowest BCUT2D eigenvalue weighted by Crippen LogP contribution is -2.46. The van der Waals surface area contributed by atoms with Gasteiger partial charge in [0.25, 0.3) is 5.91 Å². The van der Waals surface area contributed by atoms with E-state index in [0.29, 0.717) is 13.1 Å². The molecule has 1 aliphatic heterocycles. The number of allylic oxidation sites excluding steroid dienone is 1. The fourth-order valence-corrected chi connectivity index (χ4v) is 1.31. The smallest absolute Gasteiger partial charge is 0.268 e. The van der Waals surface area contributed by atoms with Crippen LogP contribution >= 0.6 is 0 Å². The Kier molecular flexibility index (Phi) is 3.48. The third-order valence-electron chi connectivity index (χ3n) is 2.09. The molecular formula is C9H13N3O2. The Morgan fingerprint density at radius 2 is 2.07 bits per heavy atom. The number of aliphatic hydroxyl groups excluding tert-OH is 1. The molecule has 1 aliphatic rings. The van der Waals surface area contributed by atoms with Crippen molar-refractivity contribution in [3.8, 4) is 6.07 Å². The molecule has 0 aliphatic carbocycles. The van der Waals surface area contributed by atoms with Crippen molar-refractivity contribution < 1.29 is 9.90 Å². The van der Waals surface area contributed by atoms with Gasteiger partial charge in [-0.05, 0) is 6.92 Å². The number of piperazine rings is 1. The van der Waals surface area contributed by atoms with E-state index in [1.807, 2.05) is 0 Å². The second-order valence-electron chi connectivity index (χ2n) is 3.11. The van der Waals surface area contributed by atoms with Gasteiger partial charge < -0.3 is 15.3 Å². The molecule has 1 fully saturated rings. The van der Waals surface area contributed by atoms with Crippen LogP contribution in [0.15, 0.2) is 11.3 Å². The molecule has 5 nitrogen and oxygen atoms in total. The fraction of sp³-hybridized carbons (Fsp3) is 0.556. The molecule has 0 aromatic rings. The third-order valence-corrected chi connectivity index (χ3v) is 2.09. The summed E-state index contributed by atoms with van der Waals surface area (Å²) >= 11 is 0. The molecular weight excluding hydrogens is 182 g/mol. The standard InChI is InChI=1S/C9H13N3O2/c1-7(13)8(6-10)9(14)12-4-2-11-3-5-12/h11,13H,2-5H2,1H3/b8-7-. The Balaban J connectivity index is 2.73. The highest BCUT2D eigenvalue weighted by Crippen LogP contribution is 2.06. The van der Waals surface area contributed by atoms with Gasteiger partial charge in [0.15, 0.2) is 5.57 Å². The minimum absolute atomic E-state index is 0.160. The first-order valence-electron chi connectivity index (χ1n) is 4.46. The molecule has 0 saturated carbocycles. The lowest BCUT2D eigenvalue weighted by atomic mass is 10.2. The van der Waals surface area contributed by atoms with Crippen molar-refractivity contribution in [3.63, 3.8) is 0 Å². The maximum absolute atomic E-state index is 11.6. The maximum Gasteiger partial charge on any atom is 0.268 e. The van der Waals surface area contributed by atoms with Gasteiger partial charge in [-0.1, -0.05) is 0 Å². The van der Waals surface area contributed by atoms with Crippen molar-refractivity contribution in [1.82, 2.24) is 10.2 Å². The number of carbonyl (C=O) groups is 1. The molecule has 1 rings (SSSR count). The van der Waals surface area contributed by atoms with Gasteiger partial charge in [-0.2, -0.15) is 5.26 Å². The van der Waals surface area contributed by atoms with Crippen LogP contribution in [-0.4, -0.2) is 42.1 Å². The summed E-state index contributed by atoms with van der Waals surface area (Å²) < 4.78 is 0. The highest BCUT2D eigenvalue weighted by molar-refractivity contribution is 5.97. The van der Waals surface area contributed by atoms with Crippen LogP contribution in [0.25, 0.3) is 0 Å². The van der Waals surface area contributed by atoms with E-state index in [9.17, 15) is 4.79 Å². The van der Waals surface area contributed by atoms with Crippen molar-refractivity contribution >= 4 is 5.91 Å². The molecule has 2 N–H and O–H groups in total. The van der Waals surface area contributed by atoms with Crippen LogP contribution in [0.3, 0.4) is 0 Å². The zero-order valence-electron chi connectivity index (χ0n) is 8.08. The van der Waals surface area contributed by atoms with Crippen LogP contribution in [0, 0.1) is 11.3 Å². The van der Waals surface area contributed by atoms with E-state index in [-0.39, 0.29) is 17.2 Å². The molecule has 0 bridgehead atoms. The third kappa shape index (κ3) is 2.24. The summed E-state index contributed by atoms with van der Waals surface area (Å²) in [6, 6.07) is 1.72. The Morgan fingerprint density at radius 3 is 2.50 bits per heavy atom. The monoisotopic (exact) mass is 195 g/mol. The maximum atomic E-state index is 11.6. The fourth-order valence-electron chi connectivity index (χ4n) is 1.31. The van der Waals surface area contributed by atoms with Crippen molar-refractivity contribution in [2.24, 2.45) is 0 Å². The average molecular weight is 195 g/mol. The van der Waals surface area contributed by atoms with Gasteiger partial charge in [0, 0.05) is 26.2 Å². The van der Waals surface area contributed by atoms with Crippen LogP contribution in [0.4, 0.5) is 0 Å². The summed E-state index contributed by atoms with van der Waals surface area (Å²) in [5.41, 5.74) is -0.160. The molecule has 1 amide bonds. The number of nitrogens with one attached hydrogen (secondary N) is 1.